The summed E-state index contributed by atoms with van der Waals surface area (Å²) >= 11 is 0. The Morgan fingerprint density at radius 1 is 1.20 bits per heavy atom. The van der Waals surface area contributed by atoms with Crippen LogP contribution in [0.3, 0.4) is 0 Å². The van der Waals surface area contributed by atoms with Gasteiger partial charge in [-0.2, -0.15) is 5.10 Å². The Bertz CT molecular complexity index is 1700. The molecule has 17 heteroatoms. The zero-order chi connectivity index (χ0) is 32.0. The smallest absolute Gasteiger partial charge is 0.469 e. The van der Waals surface area contributed by atoms with Crippen molar-refractivity contribution in [2.24, 2.45) is 0 Å². The third kappa shape index (κ3) is 8.49. The normalized spacial score (nSPS) is 15.4. The molecule has 1 saturated heterocycles. The first-order chi connectivity index (χ1) is 21.6. The van der Waals surface area contributed by atoms with Crippen molar-refractivity contribution in [3.05, 3.63) is 60.7 Å². The van der Waals surface area contributed by atoms with E-state index in [9.17, 15) is 18.1 Å². The van der Waals surface area contributed by atoms with Crippen LogP contribution in [0.25, 0.3) is 10.9 Å². The Morgan fingerprint density at radius 2 is 2.04 bits per heavy atom. The number of nitrogens with one attached hydrogen (secondary N) is 2. The van der Waals surface area contributed by atoms with Gasteiger partial charge in [0, 0.05) is 30.2 Å². The zero-order valence-electron chi connectivity index (χ0n) is 24.2. The maximum atomic E-state index is 13.9. The Morgan fingerprint density at radius 3 is 2.84 bits per heavy atom. The van der Waals surface area contributed by atoms with Crippen molar-refractivity contribution in [2.45, 2.75) is 31.8 Å². The number of nitrogens with zero attached hydrogens (tertiary/aromatic N) is 5. The number of fused-ring (bicyclic) bond motifs is 1. The van der Waals surface area contributed by atoms with E-state index in [1.54, 1.807) is 18.3 Å². The standard InChI is InChI=1S/C28H32F2N7O7P/c1-42-24-11-20-23(12-25(24)43-10-4-9-36-8-3-5-19(36)16-44-45(39,40)41)31-17-32-28(20)34-18-13-33-37(14-18)15-26(38)35-22-7-2-6-21(29)27(22)30/h2,6-7,11-14,17,19H,3-5,8-10,15-16H2,1H3,(H,35,38)(H,31,32,34)(H2,39,40,41)/t19-/m0/s1. The lowest BCUT2D eigenvalue weighted by molar-refractivity contribution is -0.116. The molecule has 1 aliphatic heterocycles. The second-order valence-electron chi connectivity index (χ2n) is 10.3. The van der Waals surface area contributed by atoms with Gasteiger partial charge in [0.05, 0.1) is 43.4 Å². The number of aromatic nitrogens is 4. The molecule has 1 aliphatic rings. The van der Waals surface area contributed by atoms with E-state index in [0.717, 1.165) is 25.5 Å². The van der Waals surface area contributed by atoms with Gasteiger partial charge in [-0.1, -0.05) is 6.07 Å². The molecule has 14 nitrogen and oxygen atoms in total. The largest absolute Gasteiger partial charge is 0.493 e. The van der Waals surface area contributed by atoms with Crippen molar-refractivity contribution in [3.8, 4) is 11.5 Å². The van der Waals surface area contributed by atoms with E-state index < -0.39 is 25.4 Å². The number of methoxy groups -OCH3 is 1. The maximum absolute atomic E-state index is 13.9. The van der Waals surface area contributed by atoms with Crippen LogP contribution in [-0.2, 0) is 20.4 Å². The number of carbonyl (C=O) groups excluding carboxylic acids is 1. The summed E-state index contributed by atoms with van der Waals surface area (Å²) in [7, 11) is -2.99. The monoisotopic (exact) mass is 647 g/mol. The second-order valence-corrected chi connectivity index (χ2v) is 11.5. The molecule has 0 aliphatic carbocycles. The lowest BCUT2D eigenvalue weighted by Crippen LogP contribution is -2.34. The van der Waals surface area contributed by atoms with Crippen LogP contribution in [0, 0.1) is 11.6 Å². The highest BCUT2D eigenvalue weighted by atomic mass is 31.2. The average molecular weight is 648 g/mol. The predicted molar refractivity (Wildman–Crippen MR) is 159 cm³/mol. The van der Waals surface area contributed by atoms with E-state index in [2.05, 4.69) is 30.6 Å². The molecule has 0 bridgehead atoms. The number of anilines is 3. The fourth-order valence-corrected chi connectivity index (χ4v) is 5.40. The van der Waals surface area contributed by atoms with Crippen LogP contribution in [0.15, 0.2) is 49.1 Å². The third-order valence-corrected chi connectivity index (χ3v) is 7.61. The lowest BCUT2D eigenvalue weighted by Gasteiger charge is -2.24. The molecule has 2 aromatic carbocycles. The number of likely N-dealkylation sites (tertiary alicyclic amines) is 1. The Hall–Kier alpha value is -4.21. The van der Waals surface area contributed by atoms with Gasteiger partial charge in [-0.3, -0.25) is 18.9 Å². The number of hydrogen-bond donors (Lipinski definition) is 4. The van der Waals surface area contributed by atoms with Gasteiger partial charge in [0.15, 0.2) is 23.1 Å². The summed E-state index contributed by atoms with van der Waals surface area (Å²) in [5.41, 5.74) is 0.841. The number of ether oxygens (including phenoxy) is 2. The quantitative estimate of drug-likeness (QED) is 0.115. The van der Waals surface area contributed by atoms with Gasteiger partial charge in [-0.25, -0.2) is 23.3 Å². The molecule has 3 heterocycles. The summed E-state index contributed by atoms with van der Waals surface area (Å²) in [6, 6.07) is 6.95. The molecule has 0 spiro atoms. The lowest BCUT2D eigenvalue weighted by atomic mass is 10.2. The van der Waals surface area contributed by atoms with Crippen molar-refractivity contribution >= 4 is 41.8 Å². The van der Waals surface area contributed by atoms with Gasteiger partial charge in [-0.05, 0) is 44.0 Å². The Labute approximate surface area is 256 Å². The first-order valence-corrected chi connectivity index (χ1v) is 15.6. The molecule has 1 atom stereocenters. The summed E-state index contributed by atoms with van der Waals surface area (Å²) in [6.07, 6.45) is 6.85. The van der Waals surface area contributed by atoms with E-state index in [1.807, 2.05) is 0 Å². The maximum Gasteiger partial charge on any atom is 0.469 e. The first kappa shape index (κ1) is 32.2. The third-order valence-electron chi connectivity index (χ3n) is 7.13. The number of rotatable bonds is 14. The molecule has 2 aromatic heterocycles. The average Bonchev–Trinajstić information content (AvgIpc) is 3.65. The fraction of sp³-hybridized carbons (Fsp3) is 0.357. The molecule has 5 rings (SSSR count). The zero-order valence-corrected chi connectivity index (χ0v) is 25.1. The van der Waals surface area contributed by atoms with E-state index in [-0.39, 0.29) is 24.9 Å². The number of carbonyl (C=O) groups is 1. The van der Waals surface area contributed by atoms with Gasteiger partial charge in [0.1, 0.15) is 18.7 Å². The highest BCUT2D eigenvalue weighted by molar-refractivity contribution is 7.46. The Balaban J connectivity index is 1.19. The van der Waals surface area contributed by atoms with Crippen molar-refractivity contribution < 1.29 is 41.9 Å². The summed E-state index contributed by atoms with van der Waals surface area (Å²) in [6.45, 7) is 1.61. The van der Waals surface area contributed by atoms with Crippen LogP contribution >= 0.6 is 7.82 Å². The molecule has 1 fully saturated rings. The van der Waals surface area contributed by atoms with E-state index in [4.69, 9.17) is 23.8 Å². The molecule has 240 valence electrons. The van der Waals surface area contributed by atoms with Gasteiger partial charge < -0.3 is 29.9 Å². The topological polar surface area (TPSA) is 173 Å². The molecule has 0 radical (unpaired) electrons. The molecule has 4 aromatic rings. The number of benzene rings is 2. The number of phosphoric acid groups is 1. The van der Waals surface area contributed by atoms with Crippen molar-refractivity contribution in [1.29, 1.82) is 0 Å². The van der Waals surface area contributed by atoms with Gasteiger partial charge in [-0.15, -0.1) is 0 Å². The summed E-state index contributed by atoms with van der Waals surface area (Å²) in [4.78, 5) is 41.2. The van der Waals surface area contributed by atoms with Crippen LogP contribution < -0.4 is 20.1 Å². The van der Waals surface area contributed by atoms with Crippen LogP contribution in [0.1, 0.15) is 19.3 Å². The molecule has 4 N–H and O–H groups in total. The van der Waals surface area contributed by atoms with Crippen molar-refractivity contribution in [3.63, 3.8) is 0 Å². The second kappa shape index (κ2) is 14.3. The predicted octanol–water partition coefficient (Wildman–Crippen LogP) is 3.84. The number of halogens is 2. The van der Waals surface area contributed by atoms with Crippen LogP contribution in [0.4, 0.5) is 26.0 Å². The van der Waals surface area contributed by atoms with Crippen molar-refractivity contribution in [2.75, 3.05) is 44.0 Å². The highest BCUT2D eigenvalue weighted by Gasteiger charge is 2.27. The number of phosphoric ester groups is 1. The molecule has 0 unspecified atom stereocenters. The summed E-state index contributed by atoms with van der Waals surface area (Å²) in [5, 5.41) is 10.3. The molecule has 45 heavy (non-hydrogen) atoms. The Kier molecular flexibility index (Phi) is 10.2. The molecular weight excluding hydrogens is 615 g/mol. The van der Waals surface area contributed by atoms with Crippen LogP contribution in [0.2, 0.25) is 0 Å². The van der Waals surface area contributed by atoms with Gasteiger partial charge >= 0.3 is 7.82 Å². The summed E-state index contributed by atoms with van der Waals surface area (Å²) < 4.78 is 56.0. The van der Waals surface area contributed by atoms with Crippen molar-refractivity contribution in [1.82, 2.24) is 24.6 Å². The summed E-state index contributed by atoms with van der Waals surface area (Å²) in [5.74, 6) is -1.39. The van der Waals surface area contributed by atoms with E-state index in [0.29, 0.717) is 53.5 Å². The SMILES string of the molecule is COc1cc2c(Nc3cnn(CC(=O)Nc4cccc(F)c4F)c3)ncnc2cc1OCCCN1CCC[C@H]1COP(=O)(O)O. The minimum Gasteiger partial charge on any atom is -0.493 e. The van der Waals surface area contributed by atoms with Gasteiger partial charge in [0.25, 0.3) is 0 Å². The number of hydrogen-bond acceptors (Lipinski definition) is 10. The van der Waals surface area contributed by atoms with Crippen LogP contribution in [0.5, 0.6) is 11.5 Å². The molecular formula is C28H32F2N7O7P. The fourth-order valence-electron chi connectivity index (χ4n) is 5.04. The minimum atomic E-state index is -4.51. The minimum absolute atomic E-state index is 0.0202. The molecule has 1 amide bonds. The van der Waals surface area contributed by atoms with E-state index >= 15 is 0 Å². The van der Waals surface area contributed by atoms with E-state index in [1.165, 1.54) is 36.4 Å². The molecule has 0 saturated carbocycles. The highest BCUT2D eigenvalue weighted by Crippen LogP contribution is 2.37. The van der Waals surface area contributed by atoms with Crippen LogP contribution in [-0.4, -0.2) is 79.8 Å². The number of amides is 1. The van der Waals surface area contributed by atoms with Gasteiger partial charge in [0.2, 0.25) is 5.91 Å². The first-order valence-electron chi connectivity index (χ1n) is 14.0.